The number of benzene rings is 2. The van der Waals surface area contributed by atoms with E-state index in [0.29, 0.717) is 43.5 Å². The number of imide groups is 1. The molecule has 7 rings (SSSR count). The number of amides is 3. The van der Waals surface area contributed by atoms with Crippen molar-refractivity contribution in [2.24, 2.45) is 11.3 Å². The maximum absolute atomic E-state index is 15.5. The summed E-state index contributed by atoms with van der Waals surface area (Å²) in [6.07, 6.45) is 13.9. The summed E-state index contributed by atoms with van der Waals surface area (Å²) in [5, 5.41) is 3.33. The van der Waals surface area contributed by atoms with Crippen LogP contribution < -0.4 is 15.1 Å². The Morgan fingerprint density at radius 3 is 2.26 bits per heavy atom. The molecule has 0 radical (unpaired) electrons. The summed E-state index contributed by atoms with van der Waals surface area (Å²) in [6.45, 7) is 11.2. The molecule has 1 spiro atoms. The number of nitrogens with one attached hydrogen (secondary N) is 1. The number of fused-ring (bicyclic) bond motifs is 1. The van der Waals surface area contributed by atoms with E-state index < -0.39 is 34.5 Å². The molecule has 3 atom stereocenters. The Hall–Kier alpha value is -5.15. The van der Waals surface area contributed by atoms with Gasteiger partial charge in [-0.1, -0.05) is 32.9 Å². The van der Waals surface area contributed by atoms with Crippen LogP contribution in [-0.4, -0.2) is 104 Å². The highest BCUT2D eigenvalue weighted by Gasteiger charge is 2.49. The molecule has 1 aromatic heterocycles. The highest BCUT2D eigenvalue weighted by molar-refractivity contribution is 7.85. The minimum atomic E-state index is -1.16. The van der Waals surface area contributed by atoms with Crippen LogP contribution in [0.25, 0.3) is 6.08 Å². The molecule has 3 fully saturated rings. The number of aldehydes is 2. The minimum Gasteiger partial charge on any atom is -0.369 e. The molecule has 2 saturated heterocycles. The van der Waals surface area contributed by atoms with Crippen molar-refractivity contribution in [3.05, 3.63) is 71.2 Å². The summed E-state index contributed by atoms with van der Waals surface area (Å²) >= 11 is 0. The molecule has 2 unspecified atom stereocenters. The second-order valence-corrected chi connectivity index (χ2v) is 18.9. The topological polar surface area (TPSA) is 153 Å². The van der Waals surface area contributed by atoms with E-state index in [1.165, 1.54) is 6.07 Å². The van der Waals surface area contributed by atoms with Crippen molar-refractivity contribution < 1.29 is 32.6 Å². The fourth-order valence-electron chi connectivity index (χ4n) is 9.81. The predicted molar refractivity (Wildman–Crippen MR) is 234 cm³/mol. The van der Waals surface area contributed by atoms with Crippen LogP contribution in [0, 0.1) is 17.2 Å². The van der Waals surface area contributed by atoms with E-state index in [2.05, 4.69) is 36.0 Å². The van der Waals surface area contributed by atoms with Crippen molar-refractivity contribution in [3.63, 3.8) is 0 Å². The van der Waals surface area contributed by atoms with Crippen LogP contribution in [0.3, 0.4) is 0 Å². The SMILES string of the molecule is C/C=C\c1cnc(Nc2ccc(S(=O)C3CCN(C4CC5(CCN(c6cc7c(cc6F)C(=O)N(C(C=O)CCC=O)C7=O)CC5)C4)CC3)cc2)nc1N(C=O)[C@H](CC)C(C)C. The lowest BCUT2D eigenvalue weighted by Crippen LogP contribution is -2.57. The Labute approximate surface area is 359 Å². The van der Waals surface area contributed by atoms with Crippen molar-refractivity contribution >= 4 is 70.8 Å². The number of aromatic nitrogens is 2. The molecule has 61 heavy (non-hydrogen) atoms. The quantitative estimate of drug-likeness (QED) is 0.111. The van der Waals surface area contributed by atoms with Crippen LogP contribution in [0.1, 0.15) is 112 Å². The van der Waals surface area contributed by atoms with E-state index in [1.807, 2.05) is 48.2 Å². The van der Waals surface area contributed by atoms with Gasteiger partial charge in [-0.3, -0.25) is 28.4 Å². The van der Waals surface area contributed by atoms with E-state index in [0.717, 1.165) is 91.6 Å². The van der Waals surface area contributed by atoms with E-state index in [-0.39, 0.29) is 52.3 Å². The number of hydrogen-bond donors (Lipinski definition) is 1. The first-order valence-electron chi connectivity index (χ1n) is 21.5. The third kappa shape index (κ3) is 8.95. The molecular formula is C46H56FN7O6S. The van der Waals surface area contributed by atoms with Gasteiger partial charge in [0.15, 0.2) is 0 Å². The van der Waals surface area contributed by atoms with Gasteiger partial charge in [-0.05, 0) is 119 Å². The van der Waals surface area contributed by atoms with Crippen LogP contribution in [0.2, 0.25) is 0 Å². The van der Waals surface area contributed by atoms with Gasteiger partial charge in [0, 0.05) is 59.2 Å². The van der Waals surface area contributed by atoms with Gasteiger partial charge in [0.1, 0.15) is 24.2 Å². The Kier molecular flexibility index (Phi) is 13.6. The van der Waals surface area contributed by atoms with Crippen molar-refractivity contribution in [1.82, 2.24) is 19.8 Å². The minimum absolute atomic E-state index is 0.0109. The van der Waals surface area contributed by atoms with Crippen LogP contribution >= 0.6 is 0 Å². The molecule has 324 valence electrons. The molecule has 1 aliphatic carbocycles. The lowest BCUT2D eigenvalue weighted by atomic mass is 9.59. The first kappa shape index (κ1) is 43.9. The Balaban J connectivity index is 0.895. The van der Waals surface area contributed by atoms with Crippen LogP contribution in [0.15, 0.2) is 53.6 Å². The van der Waals surface area contributed by atoms with E-state index >= 15 is 4.39 Å². The molecule has 1 N–H and O–H groups in total. The van der Waals surface area contributed by atoms with Crippen molar-refractivity contribution in [1.29, 1.82) is 0 Å². The van der Waals surface area contributed by atoms with Crippen LogP contribution in [0.4, 0.5) is 27.5 Å². The van der Waals surface area contributed by atoms with E-state index in [4.69, 9.17) is 4.98 Å². The van der Waals surface area contributed by atoms with Crippen molar-refractivity contribution in [2.75, 3.05) is 41.3 Å². The summed E-state index contributed by atoms with van der Waals surface area (Å²) in [5.74, 6) is -0.760. The van der Waals surface area contributed by atoms with Gasteiger partial charge in [0.25, 0.3) is 11.8 Å². The van der Waals surface area contributed by atoms with Crippen molar-refractivity contribution in [3.8, 4) is 0 Å². The third-order valence-electron chi connectivity index (χ3n) is 13.2. The molecule has 3 aliphatic heterocycles. The van der Waals surface area contributed by atoms with E-state index in [1.54, 1.807) is 11.1 Å². The van der Waals surface area contributed by atoms with Gasteiger partial charge in [-0.25, -0.2) is 9.37 Å². The normalized spacial score (nSPS) is 19.8. The Morgan fingerprint density at radius 1 is 1.00 bits per heavy atom. The summed E-state index contributed by atoms with van der Waals surface area (Å²) in [7, 11) is -1.16. The highest BCUT2D eigenvalue weighted by atomic mass is 32.2. The molecule has 0 bridgehead atoms. The lowest BCUT2D eigenvalue weighted by Gasteiger charge is -2.56. The standard InChI is InChI=1S/C46H56FN7O6S/c1-5-8-31-27-48-45(50-42(31)53(29-57)40(6-2)30(3)4)49-32-10-12-35(13-11-32)61(60)36-14-18-51(19-15-36)34-25-46(26-34)16-20-52(21-17-46)41-24-38-37(23-39(41)47)43(58)54(44(38)59)33(28-56)9-7-22-55/h5,8,10-13,22-24,27-30,33-34,36,40H,6-7,9,14-21,25-26H2,1-4H3,(H,48,49,50)/b8-5-/t33?,40-,61?/m1/s1. The second kappa shape index (κ2) is 18.9. The zero-order valence-electron chi connectivity index (χ0n) is 35.4. The number of anilines is 4. The molecule has 4 aliphatic rings. The zero-order chi connectivity index (χ0) is 43.4. The summed E-state index contributed by atoms with van der Waals surface area (Å²) in [6, 6.07) is 9.51. The van der Waals surface area contributed by atoms with Crippen LogP contribution in [-0.2, 0) is 25.2 Å². The molecule has 2 aromatic carbocycles. The molecule has 3 aromatic rings. The first-order valence-corrected chi connectivity index (χ1v) is 22.8. The number of allylic oxidation sites excluding steroid dienone is 1. The number of hydrogen-bond acceptors (Lipinski definition) is 11. The summed E-state index contributed by atoms with van der Waals surface area (Å²) in [4.78, 5) is 78.2. The smallest absolute Gasteiger partial charge is 0.262 e. The Bertz CT molecular complexity index is 2180. The molecular weight excluding hydrogens is 798 g/mol. The van der Waals surface area contributed by atoms with Crippen LogP contribution in [0.5, 0.6) is 0 Å². The maximum atomic E-state index is 15.5. The highest BCUT2D eigenvalue weighted by Crippen LogP contribution is 2.52. The molecule has 4 heterocycles. The average molecular weight is 854 g/mol. The largest absolute Gasteiger partial charge is 0.369 e. The van der Waals surface area contributed by atoms with Gasteiger partial charge in [-0.2, -0.15) is 4.98 Å². The number of likely N-dealkylation sites (tertiary alicyclic amines) is 1. The number of carbonyl (C=O) groups is 5. The number of halogens is 1. The van der Waals surface area contributed by atoms with Gasteiger partial charge >= 0.3 is 0 Å². The molecule has 13 nitrogen and oxygen atoms in total. The number of carbonyl (C=O) groups excluding carboxylic acids is 5. The zero-order valence-corrected chi connectivity index (χ0v) is 36.2. The molecule has 1 saturated carbocycles. The monoisotopic (exact) mass is 853 g/mol. The first-order chi connectivity index (χ1) is 29.4. The third-order valence-corrected chi connectivity index (χ3v) is 15.1. The van der Waals surface area contributed by atoms with Crippen molar-refractivity contribution in [2.45, 2.75) is 114 Å². The average Bonchev–Trinajstić information content (AvgIpc) is 3.49. The van der Waals surface area contributed by atoms with Gasteiger partial charge in [0.2, 0.25) is 12.4 Å². The molecule has 3 amide bonds. The number of rotatable bonds is 17. The Morgan fingerprint density at radius 2 is 1.67 bits per heavy atom. The fourth-order valence-corrected chi connectivity index (χ4v) is 11.2. The fraction of sp³-hybridized carbons (Fsp3) is 0.500. The predicted octanol–water partition coefficient (Wildman–Crippen LogP) is 6.95. The van der Waals surface area contributed by atoms with Gasteiger partial charge < -0.3 is 24.7 Å². The number of nitrogens with zero attached hydrogens (tertiary/aromatic N) is 6. The summed E-state index contributed by atoms with van der Waals surface area (Å²) in [5.41, 5.74) is 2.02. The van der Waals surface area contributed by atoms with Gasteiger partial charge in [0.05, 0.1) is 33.7 Å². The second-order valence-electron chi connectivity index (χ2n) is 17.2. The maximum Gasteiger partial charge on any atom is 0.262 e. The summed E-state index contributed by atoms with van der Waals surface area (Å²) < 4.78 is 29.2. The lowest BCUT2D eigenvalue weighted by molar-refractivity contribution is -0.112. The molecule has 15 heteroatoms. The van der Waals surface area contributed by atoms with E-state index in [9.17, 15) is 28.2 Å². The number of piperidine rings is 2. The van der Waals surface area contributed by atoms with Gasteiger partial charge in [-0.15, -0.1) is 0 Å².